The molecule has 2 aliphatic heterocycles. The van der Waals surface area contributed by atoms with Crippen LogP contribution >= 0.6 is 0 Å². The summed E-state index contributed by atoms with van der Waals surface area (Å²) in [5.74, 6) is 2.32. The van der Waals surface area contributed by atoms with Crippen molar-refractivity contribution in [1.29, 1.82) is 0 Å². The summed E-state index contributed by atoms with van der Waals surface area (Å²) in [5, 5.41) is 7.85. The summed E-state index contributed by atoms with van der Waals surface area (Å²) < 4.78 is 8.06. The molecule has 1 aromatic heterocycles. The average Bonchev–Trinajstić information content (AvgIpc) is 3.11. The van der Waals surface area contributed by atoms with Gasteiger partial charge in [-0.05, 0) is 32.2 Å². The number of rotatable bonds is 6. The van der Waals surface area contributed by atoms with E-state index in [0.717, 1.165) is 18.8 Å². The van der Waals surface area contributed by atoms with Gasteiger partial charge in [0.05, 0.1) is 12.2 Å². The highest BCUT2D eigenvalue weighted by Gasteiger charge is 2.44. The largest absolute Gasteiger partial charge is 0.375 e. The molecule has 0 radical (unpaired) electrons. The van der Waals surface area contributed by atoms with Gasteiger partial charge in [-0.15, -0.1) is 0 Å². The Balaban J connectivity index is 1.67. The van der Waals surface area contributed by atoms with E-state index in [1.807, 2.05) is 0 Å². The van der Waals surface area contributed by atoms with E-state index < -0.39 is 0 Å². The molecule has 0 spiro atoms. The van der Waals surface area contributed by atoms with Crippen LogP contribution in [0.15, 0.2) is 6.33 Å². The zero-order valence-corrected chi connectivity index (χ0v) is 12.7. The van der Waals surface area contributed by atoms with Crippen molar-refractivity contribution < 1.29 is 4.74 Å². The lowest BCUT2D eigenvalue weighted by Gasteiger charge is -2.28. The smallest absolute Gasteiger partial charge is 0.138 e. The second-order valence-electron chi connectivity index (χ2n) is 6.62. The lowest BCUT2D eigenvalue weighted by atomic mass is 9.82. The Kier molecular flexibility index (Phi) is 4.08. The van der Waals surface area contributed by atoms with Gasteiger partial charge in [-0.2, -0.15) is 5.10 Å². The molecule has 0 saturated carbocycles. The highest BCUT2D eigenvalue weighted by Crippen LogP contribution is 2.40. The summed E-state index contributed by atoms with van der Waals surface area (Å²) in [4.78, 5) is 4.46. The standard InChI is InChI=1S/C15H26N4O/c1-10(2)8-19-15(17-9-18-19)7-13(16-3)12-6-11-4-5-14(12)20-11/h9-14,16H,4-8H2,1-3H3. The zero-order chi connectivity index (χ0) is 14.1. The van der Waals surface area contributed by atoms with E-state index in [9.17, 15) is 0 Å². The maximum Gasteiger partial charge on any atom is 0.138 e. The van der Waals surface area contributed by atoms with Crippen LogP contribution < -0.4 is 5.32 Å². The van der Waals surface area contributed by atoms with E-state index in [0.29, 0.717) is 30.1 Å². The predicted molar refractivity (Wildman–Crippen MR) is 77.4 cm³/mol. The molecule has 5 nitrogen and oxygen atoms in total. The molecule has 4 atom stereocenters. The van der Waals surface area contributed by atoms with Crippen LogP contribution in [0.1, 0.15) is 38.9 Å². The topological polar surface area (TPSA) is 52.0 Å². The molecule has 3 heterocycles. The Morgan fingerprint density at radius 3 is 2.90 bits per heavy atom. The van der Waals surface area contributed by atoms with Crippen molar-refractivity contribution in [2.45, 2.75) is 64.3 Å². The fourth-order valence-electron chi connectivity index (χ4n) is 3.71. The third-order valence-electron chi connectivity index (χ3n) is 4.68. The Morgan fingerprint density at radius 1 is 1.45 bits per heavy atom. The Hall–Kier alpha value is -0.940. The highest BCUT2D eigenvalue weighted by atomic mass is 16.5. The Morgan fingerprint density at radius 2 is 2.30 bits per heavy atom. The van der Waals surface area contributed by atoms with Crippen LogP contribution in [0.3, 0.4) is 0 Å². The summed E-state index contributed by atoms with van der Waals surface area (Å²) in [7, 11) is 2.06. The molecule has 0 aliphatic carbocycles. The predicted octanol–water partition coefficient (Wildman–Crippen LogP) is 1.63. The summed E-state index contributed by atoms with van der Waals surface area (Å²) in [6.07, 6.45) is 7.28. The first kappa shape index (κ1) is 14.0. The van der Waals surface area contributed by atoms with Crippen LogP contribution in [0.2, 0.25) is 0 Å². The highest BCUT2D eigenvalue weighted by molar-refractivity contribution is 4.99. The fourth-order valence-corrected chi connectivity index (χ4v) is 3.71. The Labute approximate surface area is 121 Å². The summed E-state index contributed by atoms with van der Waals surface area (Å²) in [5.41, 5.74) is 0. The van der Waals surface area contributed by atoms with Crippen molar-refractivity contribution in [3.8, 4) is 0 Å². The molecule has 5 heteroatoms. The molecule has 1 N–H and O–H groups in total. The lowest BCUT2D eigenvalue weighted by molar-refractivity contribution is 0.0861. The van der Waals surface area contributed by atoms with Gasteiger partial charge >= 0.3 is 0 Å². The SMILES string of the molecule is CNC(Cc1ncnn1CC(C)C)C1CC2CCC1O2. The van der Waals surface area contributed by atoms with Crippen LogP contribution in [-0.4, -0.2) is 40.1 Å². The normalized spacial score (nSPS) is 30.3. The first-order valence-corrected chi connectivity index (χ1v) is 7.86. The number of nitrogens with one attached hydrogen (secondary N) is 1. The van der Waals surface area contributed by atoms with Crippen molar-refractivity contribution >= 4 is 0 Å². The summed E-state index contributed by atoms with van der Waals surface area (Å²) in [6, 6.07) is 0.445. The molecular weight excluding hydrogens is 252 g/mol. The second-order valence-corrected chi connectivity index (χ2v) is 6.62. The van der Waals surface area contributed by atoms with Gasteiger partial charge in [-0.1, -0.05) is 13.8 Å². The molecule has 20 heavy (non-hydrogen) atoms. The molecule has 4 unspecified atom stereocenters. The van der Waals surface area contributed by atoms with Crippen LogP contribution in [-0.2, 0) is 17.7 Å². The average molecular weight is 278 g/mol. The van der Waals surface area contributed by atoms with Crippen molar-refractivity contribution in [1.82, 2.24) is 20.1 Å². The molecular formula is C15H26N4O. The van der Waals surface area contributed by atoms with E-state index in [1.165, 1.54) is 19.3 Å². The van der Waals surface area contributed by atoms with Crippen LogP contribution in [0.4, 0.5) is 0 Å². The summed E-state index contributed by atoms with van der Waals surface area (Å²) >= 11 is 0. The monoisotopic (exact) mass is 278 g/mol. The van der Waals surface area contributed by atoms with E-state index in [-0.39, 0.29) is 0 Å². The number of likely N-dealkylation sites (N-methyl/N-ethyl adjacent to an activating group) is 1. The maximum atomic E-state index is 6.00. The number of ether oxygens (including phenoxy) is 1. The van der Waals surface area contributed by atoms with E-state index >= 15 is 0 Å². The molecule has 2 saturated heterocycles. The van der Waals surface area contributed by atoms with Crippen LogP contribution in [0.5, 0.6) is 0 Å². The maximum absolute atomic E-state index is 6.00. The molecule has 2 aliphatic rings. The van der Waals surface area contributed by atoms with Gasteiger partial charge in [0.1, 0.15) is 12.2 Å². The summed E-state index contributed by atoms with van der Waals surface area (Å²) in [6.45, 7) is 5.37. The van der Waals surface area contributed by atoms with Gasteiger partial charge in [0.2, 0.25) is 0 Å². The third kappa shape index (κ3) is 2.74. The second kappa shape index (κ2) is 5.82. The van der Waals surface area contributed by atoms with Gasteiger partial charge in [0.15, 0.2) is 0 Å². The van der Waals surface area contributed by atoms with Gasteiger partial charge in [-0.3, -0.25) is 0 Å². The number of hydrogen-bond acceptors (Lipinski definition) is 4. The number of aromatic nitrogens is 3. The molecule has 0 amide bonds. The van der Waals surface area contributed by atoms with Crippen LogP contribution in [0, 0.1) is 11.8 Å². The van der Waals surface area contributed by atoms with E-state index in [4.69, 9.17) is 4.74 Å². The van der Waals surface area contributed by atoms with Crippen LogP contribution in [0.25, 0.3) is 0 Å². The number of hydrogen-bond donors (Lipinski definition) is 1. The molecule has 3 rings (SSSR count). The zero-order valence-electron chi connectivity index (χ0n) is 12.7. The molecule has 2 bridgehead atoms. The quantitative estimate of drug-likeness (QED) is 0.859. The molecule has 2 fully saturated rings. The first-order valence-electron chi connectivity index (χ1n) is 7.86. The number of nitrogens with zero attached hydrogens (tertiary/aromatic N) is 3. The molecule has 112 valence electrons. The Bertz CT molecular complexity index is 445. The molecule has 0 aromatic carbocycles. The van der Waals surface area contributed by atoms with E-state index in [2.05, 4.69) is 41.0 Å². The van der Waals surface area contributed by atoms with E-state index in [1.54, 1.807) is 6.33 Å². The fraction of sp³-hybridized carbons (Fsp3) is 0.867. The van der Waals surface area contributed by atoms with Gasteiger partial charge in [0, 0.05) is 24.9 Å². The van der Waals surface area contributed by atoms with Crippen molar-refractivity contribution in [3.63, 3.8) is 0 Å². The lowest BCUT2D eigenvalue weighted by Crippen LogP contribution is -2.41. The van der Waals surface area contributed by atoms with Crippen molar-refractivity contribution in [2.24, 2.45) is 11.8 Å². The molecule has 1 aromatic rings. The van der Waals surface area contributed by atoms with Gasteiger partial charge in [-0.25, -0.2) is 9.67 Å². The first-order chi connectivity index (χ1) is 9.67. The van der Waals surface area contributed by atoms with Gasteiger partial charge < -0.3 is 10.1 Å². The minimum Gasteiger partial charge on any atom is -0.375 e. The minimum atomic E-state index is 0.445. The minimum absolute atomic E-state index is 0.445. The van der Waals surface area contributed by atoms with Crippen molar-refractivity contribution in [3.05, 3.63) is 12.2 Å². The van der Waals surface area contributed by atoms with Crippen molar-refractivity contribution in [2.75, 3.05) is 7.05 Å². The third-order valence-corrected chi connectivity index (χ3v) is 4.68. The number of fused-ring (bicyclic) bond motifs is 2. The van der Waals surface area contributed by atoms with Gasteiger partial charge in [0.25, 0.3) is 0 Å².